The predicted molar refractivity (Wildman–Crippen MR) is 90.6 cm³/mol. The number of ether oxygens (including phenoxy) is 2. The summed E-state index contributed by atoms with van der Waals surface area (Å²) in [6.07, 6.45) is 8.76. The molecule has 0 fully saturated rings. The normalized spacial score (nSPS) is 10.3. The lowest BCUT2D eigenvalue weighted by Crippen LogP contribution is -2.11. The number of carbonyl (C=O) groups excluding carboxylic acids is 2. The quantitative estimate of drug-likeness (QED) is 0.325. The first kappa shape index (κ1) is 19.2. The lowest BCUT2D eigenvalue weighted by atomic mass is 10.1. The van der Waals surface area contributed by atoms with Gasteiger partial charge >= 0.3 is 11.9 Å². The molecule has 0 atom stereocenters. The van der Waals surface area contributed by atoms with Crippen molar-refractivity contribution in [1.29, 1.82) is 0 Å². The Morgan fingerprint density at radius 1 is 0.783 bits per heavy atom. The molecule has 0 amide bonds. The number of carbonyl (C=O) groups is 2. The second-order valence-corrected chi connectivity index (χ2v) is 5.62. The number of rotatable bonds is 11. The van der Waals surface area contributed by atoms with Crippen molar-refractivity contribution in [1.82, 2.24) is 0 Å². The zero-order valence-electron chi connectivity index (χ0n) is 14.3. The van der Waals surface area contributed by atoms with E-state index in [4.69, 9.17) is 9.47 Å². The summed E-state index contributed by atoms with van der Waals surface area (Å²) < 4.78 is 10.5. The van der Waals surface area contributed by atoms with Crippen molar-refractivity contribution < 1.29 is 19.1 Å². The molecule has 0 aromatic heterocycles. The molecule has 0 saturated heterocycles. The molecule has 0 aliphatic heterocycles. The molecule has 4 heteroatoms. The summed E-state index contributed by atoms with van der Waals surface area (Å²) in [5.74, 6) is -0.0198. The number of hydrogen-bond donors (Lipinski definition) is 0. The van der Waals surface area contributed by atoms with Crippen molar-refractivity contribution in [3.05, 3.63) is 24.3 Å². The van der Waals surface area contributed by atoms with Crippen LogP contribution in [0.25, 0.3) is 0 Å². The Kier molecular flexibility index (Phi) is 9.76. The molecule has 1 aromatic rings. The summed E-state index contributed by atoms with van der Waals surface area (Å²) in [7, 11) is 0. The van der Waals surface area contributed by atoms with E-state index in [0.717, 1.165) is 19.3 Å². The van der Waals surface area contributed by atoms with Gasteiger partial charge in [-0.1, -0.05) is 64.5 Å². The van der Waals surface area contributed by atoms with Crippen molar-refractivity contribution in [3.63, 3.8) is 0 Å². The fourth-order valence-corrected chi connectivity index (χ4v) is 2.21. The fourth-order valence-electron chi connectivity index (χ4n) is 2.21. The van der Waals surface area contributed by atoms with Crippen LogP contribution in [0.15, 0.2) is 24.3 Å². The molecule has 0 spiro atoms. The van der Waals surface area contributed by atoms with Gasteiger partial charge in [0.2, 0.25) is 0 Å². The zero-order valence-corrected chi connectivity index (χ0v) is 14.3. The van der Waals surface area contributed by atoms with E-state index >= 15 is 0 Å². The van der Waals surface area contributed by atoms with Crippen molar-refractivity contribution in [2.45, 2.75) is 71.6 Å². The summed E-state index contributed by atoms with van der Waals surface area (Å²) in [4.78, 5) is 23.3. The van der Waals surface area contributed by atoms with E-state index < -0.39 is 0 Å². The average Bonchev–Trinajstić information content (AvgIpc) is 2.55. The molecule has 1 rings (SSSR count). The van der Waals surface area contributed by atoms with Gasteiger partial charge in [-0.05, 0) is 18.6 Å². The van der Waals surface area contributed by atoms with Gasteiger partial charge in [-0.2, -0.15) is 0 Å². The molecule has 0 aliphatic rings. The lowest BCUT2D eigenvalue weighted by molar-refractivity contribution is -0.137. The van der Waals surface area contributed by atoms with E-state index in [1.165, 1.54) is 25.7 Å². The Labute approximate surface area is 139 Å². The van der Waals surface area contributed by atoms with E-state index in [1.54, 1.807) is 31.2 Å². The topological polar surface area (TPSA) is 52.6 Å². The minimum absolute atomic E-state index is 0.278. The van der Waals surface area contributed by atoms with Gasteiger partial charge in [0.15, 0.2) is 11.5 Å². The third-order valence-corrected chi connectivity index (χ3v) is 3.57. The Morgan fingerprint density at radius 3 is 1.87 bits per heavy atom. The minimum atomic E-state index is -0.347. The number of unbranched alkanes of at least 4 members (excludes halogenated alkanes) is 6. The van der Waals surface area contributed by atoms with Crippen LogP contribution >= 0.6 is 0 Å². The van der Waals surface area contributed by atoms with Gasteiger partial charge in [0.25, 0.3) is 0 Å². The highest BCUT2D eigenvalue weighted by atomic mass is 16.6. The molecule has 0 heterocycles. The van der Waals surface area contributed by atoms with E-state index in [1.807, 2.05) is 0 Å². The van der Waals surface area contributed by atoms with Crippen LogP contribution in [-0.4, -0.2) is 11.9 Å². The van der Waals surface area contributed by atoms with Crippen molar-refractivity contribution in [2.24, 2.45) is 0 Å². The highest BCUT2D eigenvalue weighted by Gasteiger charge is 2.12. The predicted octanol–water partition coefficient (Wildman–Crippen LogP) is 5.05. The summed E-state index contributed by atoms with van der Waals surface area (Å²) in [6.45, 7) is 3.92. The van der Waals surface area contributed by atoms with E-state index in [0.29, 0.717) is 17.9 Å². The van der Waals surface area contributed by atoms with E-state index in [9.17, 15) is 9.59 Å². The molecule has 0 unspecified atom stereocenters. The Hall–Kier alpha value is -1.84. The van der Waals surface area contributed by atoms with E-state index in [-0.39, 0.29) is 18.4 Å². The first-order chi connectivity index (χ1) is 11.2. The van der Waals surface area contributed by atoms with E-state index in [2.05, 4.69) is 6.92 Å². The maximum atomic E-state index is 11.9. The summed E-state index contributed by atoms with van der Waals surface area (Å²) >= 11 is 0. The largest absolute Gasteiger partial charge is 0.423 e. The van der Waals surface area contributed by atoms with Crippen LogP contribution in [0.3, 0.4) is 0 Å². The molecule has 0 radical (unpaired) electrons. The van der Waals surface area contributed by atoms with Gasteiger partial charge in [0.05, 0.1) is 0 Å². The lowest BCUT2D eigenvalue weighted by Gasteiger charge is -2.09. The first-order valence-corrected chi connectivity index (χ1v) is 8.67. The van der Waals surface area contributed by atoms with Crippen LogP contribution in [-0.2, 0) is 9.59 Å². The Balaban J connectivity index is 2.32. The SMILES string of the molecule is CCCCCCCCCC(=O)Oc1ccccc1OC(=O)CC. The molecule has 128 valence electrons. The average molecular weight is 320 g/mol. The molecule has 0 aliphatic carbocycles. The van der Waals surface area contributed by atoms with Crippen LogP contribution in [0.5, 0.6) is 11.5 Å². The van der Waals surface area contributed by atoms with Gasteiger partial charge in [0.1, 0.15) is 0 Å². The Morgan fingerprint density at radius 2 is 1.30 bits per heavy atom. The number of para-hydroxylation sites is 2. The molecule has 4 nitrogen and oxygen atoms in total. The van der Waals surface area contributed by atoms with Crippen LogP contribution < -0.4 is 9.47 Å². The highest BCUT2D eigenvalue weighted by Crippen LogP contribution is 2.27. The fraction of sp³-hybridized carbons (Fsp3) is 0.579. The molecule has 0 saturated carbocycles. The first-order valence-electron chi connectivity index (χ1n) is 8.67. The van der Waals surface area contributed by atoms with Gasteiger partial charge in [-0.25, -0.2) is 0 Å². The standard InChI is InChI=1S/C19H28O4/c1-3-5-6-7-8-9-10-15-19(21)23-17-14-12-11-13-16(17)22-18(20)4-2/h11-14H,3-10,15H2,1-2H3. The molecular formula is C19H28O4. The highest BCUT2D eigenvalue weighted by molar-refractivity contribution is 5.75. The monoisotopic (exact) mass is 320 g/mol. The summed E-state index contributed by atoms with van der Waals surface area (Å²) in [5.41, 5.74) is 0. The van der Waals surface area contributed by atoms with Crippen LogP contribution in [0, 0.1) is 0 Å². The number of esters is 2. The van der Waals surface area contributed by atoms with Crippen molar-refractivity contribution in [3.8, 4) is 11.5 Å². The number of benzene rings is 1. The second-order valence-electron chi connectivity index (χ2n) is 5.62. The van der Waals surface area contributed by atoms with Crippen LogP contribution in [0.1, 0.15) is 71.6 Å². The second kappa shape index (κ2) is 11.7. The van der Waals surface area contributed by atoms with Gasteiger partial charge < -0.3 is 9.47 Å². The minimum Gasteiger partial charge on any atom is -0.423 e. The third-order valence-electron chi connectivity index (χ3n) is 3.57. The molecule has 0 bridgehead atoms. The van der Waals surface area contributed by atoms with Crippen molar-refractivity contribution in [2.75, 3.05) is 0 Å². The third kappa shape index (κ3) is 8.38. The Bertz CT molecular complexity index is 482. The molecule has 0 N–H and O–H groups in total. The van der Waals surface area contributed by atoms with Crippen LogP contribution in [0.2, 0.25) is 0 Å². The van der Waals surface area contributed by atoms with Gasteiger partial charge in [0, 0.05) is 12.8 Å². The molecular weight excluding hydrogens is 292 g/mol. The zero-order chi connectivity index (χ0) is 16.9. The number of hydrogen-bond acceptors (Lipinski definition) is 4. The molecule has 1 aromatic carbocycles. The van der Waals surface area contributed by atoms with Crippen molar-refractivity contribution >= 4 is 11.9 Å². The smallest absolute Gasteiger partial charge is 0.311 e. The summed E-state index contributed by atoms with van der Waals surface area (Å²) in [5, 5.41) is 0. The van der Waals surface area contributed by atoms with Crippen LogP contribution in [0.4, 0.5) is 0 Å². The maximum absolute atomic E-state index is 11.9. The van der Waals surface area contributed by atoms with Gasteiger partial charge in [-0.15, -0.1) is 0 Å². The molecule has 23 heavy (non-hydrogen) atoms. The maximum Gasteiger partial charge on any atom is 0.311 e. The summed E-state index contributed by atoms with van der Waals surface area (Å²) in [6, 6.07) is 6.76. The van der Waals surface area contributed by atoms with Gasteiger partial charge in [-0.3, -0.25) is 9.59 Å².